The van der Waals surface area contributed by atoms with E-state index in [2.05, 4.69) is 9.97 Å². The van der Waals surface area contributed by atoms with Crippen LogP contribution >= 0.6 is 0 Å². The number of H-pyrrole nitrogens is 1. The molecule has 0 amide bonds. The summed E-state index contributed by atoms with van der Waals surface area (Å²) < 4.78 is 12.9. The second kappa shape index (κ2) is 7.36. The molecule has 3 aromatic rings. The number of benzene rings is 2. The molecule has 4 nitrogen and oxygen atoms in total. The largest absolute Gasteiger partial charge is 0.342 e. The monoisotopic (exact) mass is 325 g/mol. The molecule has 24 heavy (non-hydrogen) atoms. The first kappa shape index (κ1) is 16.3. The van der Waals surface area contributed by atoms with E-state index in [0.29, 0.717) is 25.7 Å². The van der Waals surface area contributed by atoms with Gasteiger partial charge in [-0.1, -0.05) is 24.3 Å². The molecule has 0 aliphatic rings. The number of hydrogen-bond acceptors (Lipinski definition) is 3. The molecule has 0 saturated carbocycles. The van der Waals surface area contributed by atoms with Crippen LogP contribution in [0.5, 0.6) is 0 Å². The first-order valence-corrected chi connectivity index (χ1v) is 8.05. The number of nitrogens with zero attached hydrogens (tertiary/aromatic N) is 1. The summed E-state index contributed by atoms with van der Waals surface area (Å²) in [6.07, 6.45) is 1.88. The number of carbonyl (C=O) groups excluding carboxylic acids is 1. The molecule has 3 rings (SSSR count). The summed E-state index contributed by atoms with van der Waals surface area (Å²) in [6.45, 7) is 0. The number of rotatable bonds is 7. The fourth-order valence-electron chi connectivity index (χ4n) is 2.77. The van der Waals surface area contributed by atoms with Gasteiger partial charge in [0, 0.05) is 25.3 Å². The minimum Gasteiger partial charge on any atom is -0.342 e. The molecule has 0 radical (unpaired) electrons. The molecule has 0 saturated heterocycles. The number of imidazole rings is 1. The molecule has 3 N–H and O–H groups in total. The number of ketones is 1. The van der Waals surface area contributed by atoms with Gasteiger partial charge in [0.2, 0.25) is 0 Å². The van der Waals surface area contributed by atoms with E-state index in [-0.39, 0.29) is 17.6 Å². The molecule has 1 heterocycles. The lowest BCUT2D eigenvalue weighted by Gasteiger charge is -2.10. The Bertz CT molecular complexity index is 793. The van der Waals surface area contributed by atoms with E-state index in [1.54, 1.807) is 12.1 Å². The molecular weight excluding hydrogens is 305 g/mol. The normalized spacial score (nSPS) is 12.4. The molecule has 124 valence electrons. The molecule has 5 heteroatoms. The van der Waals surface area contributed by atoms with Crippen molar-refractivity contribution in [3.05, 3.63) is 65.7 Å². The summed E-state index contributed by atoms with van der Waals surface area (Å²) in [7, 11) is 0. The molecule has 0 fully saturated rings. The number of para-hydroxylation sites is 2. The minimum atomic E-state index is -0.269. The molecule has 0 unspecified atom stereocenters. The minimum absolute atomic E-state index is 0.116. The van der Waals surface area contributed by atoms with Gasteiger partial charge < -0.3 is 10.7 Å². The highest BCUT2D eigenvalue weighted by Gasteiger charge is 2.12. The van der Waals surface area contributed by atoms with Crippen molar-refractivity contribution in [1.29, 1.82) is 0 Å². The van der Waals surface area contributed by atoms with Gasteiger partial charge in [-0.3, -0.25) is 4.79 Å². The number of Topliss-reactive ketones (excluding diaryl/α,β-unsaturated/α-hetero) is 1. The molecule has 0 aliphatic heterocycles. The summed E-state index contributed by atoms with van der Waals surface area (Å²) >= 11 is 0. The van der Waals surface area contributed by atoms with Gasteiger partial charge in [0.15, 0.2) is 0 Å². The van der Waals surface area contributed by atoms with Crippen molar-refractivity contribution in [3.8, 4) is 0 Å². The first-order chi connectivity index (χ1) is 11.6. The fraction of sp³-hybridized carbons (Fsp3) is 0.263. The molecule has 1 atom stereocenters. The van der Waals surface area contributed by atoms with Gasteiger partial charge in [-0.25, -0.2) is 9.37 Å². The standard InChI is InChI=1S/C19H20FN3O/c20-14-7-5-13(6-8-14)11-15(21)12-16(24)9-10-19-22-17-3-1-2-4-18(17)23-19/h1-8,15H,9-12,21H2,(H,22,23)/t15-/m1/s1. The van der Waals surface area contributed by atoms with E-state index in [0.717, 1.165) is 22.4 Å². The Kier molecular flexibility index (Phi) is 5.01. The summed E-state index contributed by atoms with van der Waals surface area (Å²) in [4.78, 5) is 19.8. The van der Waals surface area contributed by atoms with Crippen molar-refractivity contribution in [2.45, 2.75) is 31.7 Å². The van der Waals surface area contributed by atoms with Crippen LogP contribution in [0.4, 0.5) is 4.39 Å². The number of fused-ring (bicyclic) bond motifs is 1. The predicted octanol–water partition coefficient (Wildman–Crippen LogP) is 3.16. The average Bonchev–Trinajstić information content (AvgIpc) is 2.98. The van der Waals surface area contributed by atoms with E-state index in [9.17, 15) is 9.18 Å². The topological polar surface area (TPSA) is 71.8 Å². The third-order valence-corrected chi connectivity index (χ3v) is 3.98. The van der Waals surface area contributed by atoms with Crippen LogP contribution in [0.1, 0.15) is 24.2 Å². The van der Waals surface area contributed by atoms with Crippen LogP contribution in [0.3, 0.4) is 0 Å². The van der Waals surface area contributed by atoms with Gasteiger partial charge in [-0.2, -0.15) is 0 Å². The number of hydrogen-bond donors (Lipinski definition) is 2. The lowest BCUT2D eigenvalue weighted by molar-refractivity contribution is -0.119. The maximum atomic E-state index is 12.9. The number of carbonyl (C=O) groups is 1. The molecule has 2 aromatic carbocycles. The second-order valence-corrected chi connectivity index (χ2v) is 6.03. The molecule has 1 aromatic heterocycles. The van der Waals surface area contributed by atoms with E-state index < -0.39 is 0 Å². The van der Waals surface area contributed by atoms with E-state index >= 15 is 0 Å². The predicted molar refractivity (Wildman–Crippen MR) is 92.1 cm³/mol. The highest BCUT2D eigenvalue weighted by atomic mass is 19.1. The van der Waals surface area contributed by atoms with Gasteiger partial charge >= 0.3 is 0 Å². The van der Waals surface area contributed by atoms with Crippen molar-refractivity contribution in [3.63, 3.8) is 0 Å². The second-order valence-electron chi connectivity index (χ2n) is 6.03. The molecule has 0 spiro atoms. The Balaban J connectivity index is 1.48. The Morgan fingerprint density at radius 3 is 2.67 bits per heavy atom. The van der Waals surface area contributed by atoms with Crippen molar-refractivity contribution < 1.29 is 9.18 Å². The molecule has 0 bridgehead atoms. The lowest BCUT2D eigenvalue weighted by Crippen LogP contribution is -2.26. The van der Waals surface area contributed by atoms with Crippen LogP contribution in [-0.2, 0) is 17.6 Å². The lowest BCUT2D eigenvalue weighted by atomic mass is 10.0. The zero-order valence-corrected chi connectivity index (χ0v) is 13.3. The number of halogens is 1. The number of nitrogens with two attached hydrogens (primary N) is 1. The van der Waals surface area contributed by atoms with Crippen molar-refractivity contribution >= 4 is 16.8 Å². The van der Waals surface area contributed by atoms with Crippen LogP contribution in [0.15, 0.2) is 48.5 Å². The van der Waals surface area contributed by atoms with Crippen LogP contribution in [0.2, 0.25) is 0 Å². The third kappa shape index (κ3) is 4.26. The number of aromatic nitrogens is 2. The smallest absolute Gasteiger partial charge is 0.134 e. The summed E-state index contributed by atoms with van der Waals surface area (Å²) in [5, 5.41) is 0. The summed E-state index contributed by atoms with van der Waals surface area (Å²) in [5.74, 6) is 0.663. The SMILES string of the molecule is N[C@@H](CC(=O)CCc1nc2ccccc2[nH]1)Cc1ccc(F)cc1. The van der Waals surface area contributed by atoms with Gasteiger partial charge in [0.1, 0.15) is 17.4 Å². The zero-order valence-electron chi connectivity index (χ0n) is 13.3. The quantitative estimate of drug-likeness (QED) is 0.701. The molecule has 0 aliphatic carbocycles. The highest BCUT2D eigenvalue weighted by Crippen LogP contribution is 2.12. The van der Waals surface area contributed by atoms with Crippen LogP contribution in [-0.4, -0.2) is 21.8 Å². The van der Waals surface area contributed by atoms with E-state index in [4.69, 9.17) is 5.73 Å². The third-order valence-electron chi connectivity index (χ3n) is 3.98. The van der Waals surface area contributed by atoms with E-state index in [1.807, 2.05) is 24.3 Å². The Morgan fingerprint density at radius 1 is 1.17 bits per heavy atom. The summed E-state index contributed by atoms with van der Waals surface area (Å²) in [6, 6.07) is 13.8. The number of aromatic amines is 1. The maximum absolute atomic E-state index is 12.9. The first-order valence-electron chi connectivity index (χ1n) is 8.05. The van der Waals surface area contributed by atoms with Gasteiger partial charge in [-0.05, 0) is 36.2 Å². The number of nitrogens with one attached hydrogen (secondary N) is 1. The van der Waals surface area contributed by atoms with Crippen molar-refractivity contribution in [2.24, 2.45) is 5.73 Å². The van der Waals surface area contributed by atoms with Crippen molar-refractivity contribution in [2.75, 3.05) is 0 Å². The summed E-state index contributed by atoms with van der Waals surface area (Å²) in [5.41, 5.74) is 8.87. The number of aryl methyl sites for hydroxylation is 1. The maximum Gasteiger partial charge on any atom is 0.134 e. The van der Waals surface area contributed by atoms with Crippen molar-refractivity contribution in [1.82, 2.24) is 9.97 Å². The Labute approximate surface area is 139 Å². The Hall–Kier alpha value is -2.53. The zero-order chi connectivity index (χ0) is 16.9. The highest BCUT2D eigenvalue weighted by molar-refractivity contribution is 5.79. The average molecular weight is 325 g/mol. The van der Waals surface area contributed by atoms with Gasteiger partial charge in [0.25, 0.3) is 0 Å². The van der Waals surface area contributed by atoms with E-state index in [1.165, 1.54) is 12.1 Å². The fourth-order valence-corrected chi connectivity index (χ4v) is 2.77. The van der Waals surface area contributed by atoms with Gasteiger partial charge in [0.05, 0.1) is 11.0 Å². The Morgan fingerprint density at radius 2 is 1.92 bits per heavy atom. The van der Waals surface area contributed by atoms with Crippen LogP contribution in [0, 0.1) is 5.82 Å². The van der Waals surface area contributed by atoms with Gasteiger partial charge in [-0.15, -0.1) is 0 Å². The van der Waals surface area contributed by atoms with Crippen LogP contribution in [0.25, 0.3) is 11.0 Å². The van der Waals surface area contributed by atoms with Crippen LogP contribution < -0.4 is 5.73 Å². The molecular formula is C19H20FN3O.